The van der Waals surface area contributed by atoms with Crippen LogP contribution in [-0.4, -0.2) is 23.2 Å². The molecule has 1 aromatic carbocycles. The molecule has 6 heteroatoms. The summed E-state index contributed by atoms with van der Waals surface area (Å²) in [6.07, 6.45) is 1.76. The lowest BCUT2D eigenvalue weighted by molar-refractivity contribution is -0.384. The monoisotopic (exact) mass is 286 g/mol. The first kappa shape index (κ1) is 15.9. The summed E-state index contributed by atoms with van der Waals surface area (Å²) < 4.78 is 0. The van der Waals surface area contributed by atoms with Gasteiger partial charge < -0.3 is 10.4 Å². The maximum absolute atomic E-state index is 10.8. The maximum Gasteiger partial charge on any atom is 0.288 e. The zero-order valence-electron chi connectivity index (χ0n) is 10.9. The van der Waals surface area contributed by atoms with Crippen molar-refractivity contribution in [1.29, 1.82) is 0 Å². The van der Waals surface area contributed by atoms with Gasteiger partial charge in [0, 0.05) is 19.2 Å². The average Bonchev–Trinajstić information content (AvgIpc) is 2.39. The van der Waals surface area contributed by atoms with Crippen LogP contribution in [0.3, 0.4) is 0 Å². The number of nitro benzene ring substituents is 1. The summed E-state index contributed by atoms with van der Waals surface area (Å²) >= 11 is 5.75. The van der Waals surface area contributed by atoms with Crippen LogP contribution in [0.25, 0.3) is 0 Å². The molecule has 0 radical (unpaired) electrons. The Kier molecular flexibility index (Phi) is 6.77. The highest BCUT2D eigenvalue weighted by molar-refractivity contribution is 6.32. The quantitative estimate of drug-likeness (QED) is 0.569. The van der Waals surface area contributed by atoms with Crippen molar-refractivity contribution in [3.63, 3.8) is 0 Å². The Morgan fingerprint density at radius 2 is 2.26 bits per heavy atom. The molecule has 0 aliphatic heterocycles. The minimum absolute atomic E-state index is 0.0663. The molecule has 0 spiro atoms. The van der Waals surface area contributed by atoms with Crippen LogP contribution in [0.4, 0.5) is 5.69 Å². The van der Waals surface area contributed by atoms with Crippen LogP contribution >= 0.6 is 11.6 Å². The Hall–Kier alpha value is -1.17. The molecule has 0 aliphatic rings. The van der Waals surface area contributed by atoms with Gasteiger partial charge in [0.15, 0.2) is 0 Å². The minimum Gasteiger partial charge on any atom is -0.396 e. The minimum atomic E-state index is -0.480. The molecule has 2 N–H and O–H groups in total. The van der Waals surface area contributed by atoms with Gasteiger partial charge in [0.25, 0.3) is 5.69 Å². The van der Waals surface area contributed by atoms with Gasteiger partial charge in [-0.25, -0.2) is 0 Å². The standard InChI is InChI=1S/C13H19ClN2O3/c1-2-10(5-6-17)8-15-9-11-3-4-12(14)13(7-11)16(18)19/h3-4,7,10,15,17H,2,5-6,8-9H2,1H3. The molecule has 0 heterocycles. The van der Waals surface area contributed by atoms with E-state index in [-0.39, 0.29) is 17.3 Å². The van der Waals surface area contributed by atoms with Gasteiger partial charge in [-0.1, -0.05) is 31.0 Å². The summed E-state index contributed by atoms with van der Waals surface area (Å²) in [6, 6.07) is 4.80. The predicted molar refractivity (Wildman–Crippen MR) is 75.3 cm³/mol. The summed E-state index contributed by atoms with van der Waals surface area (Å²) in [4.78, 5) is 10.3. The van der Waals surface area contributed by atoms with Gasteiger partial charge in [-0.05, 0) is 30.5 Å². The second-order valence-electron chi connectivity index (χ2n) is 4.46. The third-order valence-electron chi connectivity index (χ3n) is 3.08. The summed E-state index contributed by atoms with van der Waals surface area (Å²) in [5, 5.41) is 23.1. The van der Waals surface area contributed by atoms with E-state index in [1.54, 1.807) is 12.1 Å². The Morgan fingerprint density at radius 3 is 2.84 bits per heavy atom. The van der Waals surface area contributed by atoms with Crippen molar-refractivity contribution in [3.8, 4) is 0 Å². The number of aliphatic hydroxyl groups is 1. The van der Waals surface area contributed by atoms with Crippen molar-refractivity contribution >= 4 is 17.3 Å². The van der Waals surface area contributed by atoms with E-state index in [1.807, 2.05) is 0 Å². The maximum atomic E-state index is 10.8. The predicted octanol–water partition coefficient (Wildman–Crippen LogP) is 2.75. The molecule has 0 amide bonds. The number of hydrogen-bond acceptors (Lipinski definition) is 4. The number of nitrogens with zero attached hydrogens (tertiary/aromatic N) is 1. The van der Waals surface area contributed by atoms with E-state index in [0.717, 1.165) is 24.9 Å². The highest BCUT2D eigenvalue weighted by Gasteiger charge is 2.12. The molecular formula is C13H19ClN2O3. The molecule has 5 nitrogen and oxygen atoms in total. The summed E-state index contributed by atoms with van der Waals surface area (Å²) in [5.74, 6) is 0.423. The molecule has 1 rings (SSSR count). The highest BCUT2D eigenvalue weighted by Crippen LogP contribution is 2.24. The highest BCUT2D eigenvalue weighted by atomic mass is 35.5. The van der Waals surface area contributed by atoms with Crippen molar-refractivity contribution in [2.45, 2.75) is 26.3 Å². The molecule has 0 fully saturated rings. The SMILES string of the molecule is CCC(CCO)CNCc1ccc(Cl)c([N+](=O)[O-])c1. The van der Waals surface area contributed by atoms with E-state index < -0.39 is 4.92 Å². The fourth-order valence-corrected chi connectivity index (χ4v) is 2.05. The number of rotatable bonds is 8. The van der Waals surface area contributed by atoms with Crippen LogP contribution in [0.5, 0.6) is 0 Å². The number of benzene rings is 1. The van der Waals surface area contributed by atoms with Crippen LogP contribution in [0.1, 0.15) is 25.3 Å². The third kappa shape index (κ3) is 5.14. The number of aliphatic hydroxyl groups excluding tert-OH is 1. The third-order valence-corrected chi connectivity index (χ3v) is 3.40. The van der Waals surface area contributed by atoms with Crippen molar-refractivity contribution in [2.75, 3.05) is 13.2 Å². The van der Waals surface area contributed by atoms with Gasteiger partial charge in [0.2, 0.25) is 0 Å². The topological polar surface area (TPSA) is 75.4 Å². The normalized spacial score (nSPS) is 12.4. The second-order valence-corrected chi connectivity index (χ2v) is 4.87. The molecule has 19 heavy (non-hydrogen) atoms. The van der Waals surface area contributed by atoms with Gasteiger partial charge in [-0.2, -0.15) is 0 Å². The number of hydrogen-bond donors (Lipinski definition) is 2. The van der Waals surface area contributed by atoms with Crippen molar-refractivity contribution in [3.05, 3.63) is 38.9 Å². The van der Waals surface area contributed by atoms with E-state index in [0.29, 0.717) is 12.5 Å². The van der Waals surface area contributed by atoms with Crippen LogP contribution in [0, 0.1) is 16.0 Å². The van der Waals surface area contributed by atoms with E-state index >= 15 is 0 Å². The molecule has 1 unspecified atom stereocenters. The van der Waals surface area contributed by atoms with Crippen LogP contribution in [0.15, 0.2) is 18.2 Å². The molecule has 0 aromatic heterocycles. The number of nitro groups is 1. The molecule has 0 bridgehead atoms. The molecule has 0 saturated carbocycles. The smallest absolute Gasteiger partial charge is 0.288 e. The zero-order valence-corrected chi connectivity index (χ0v) is 11.7. The van der Waals surface area contributed by atoms with Gasteiger partial charge in [0.1, 0.15) is 5.02 Å². The fourth-order valence-electron chi connectivity index (χ4n) is 1.86. The lowest BCUT2D eigenvalue weighted by Crippen LogP contribution is -2.22. The zero-order chi connectivity index (χ0) is 14.3. The molecule has 1 aromatic rings. The van der Waals surface area contributed by atoms with Crippen molar-refractivity contribution in [1.82, 2.24) is 5.32 Å². The summed E-state index contributed by atoms with van der Waals surface area (Å²) in [7, 11) is 0. The first-order valence-corrected chi connectivity index (χ1v) is 6.70. The van der Waals surface area contributed by atoms with E-state index in [1.165, 1.54) is 6.07 Å². The molecule has 1 atom stereocenters. The van der Waals surface area contributed by atoms with Gasteiger partial charge in [-0.3, -0.25) is 10.1 Å². The molecule has 0 saturated heterocycles. The first-order valence-electron chi connectivity index (χ1n) is 6.32. The van der Waals surface area contributed by atoms with Crippen LogP contribution in [0.2, 0.25) is 5.02 Å². The van der Waals surface area contributed by atoms with Gasteiger partial charge in [-0.15, -0.1) is 0 Å². The summed E-state index contributed by atoms with van der Waals surface area (Å²) in [5.41, 5.74) is 0.762. The number of nitrogens with one attached hydrogen (secondary N) is 1. The van der Waals surface area contributed by atoms with Crippen LogP contribution in [-0.2, 0) is 6.54 Å². The lowest BCUT2D eigenvalue weighted by Gasteiger charge is -2.14. The van der Waals surface area contributed by atoms with E-state index in [2.05, 4.69) is 12.2 Å². The van der Waals surface area contributed by atoms with Crippen LogP contribution < -0.4 is 5.32 Å². The number of halogens is 1. The first-order chi connectivity index (χ1) is 9.08. The molecule has 106 valence electrons. The van der Waals surface area contributed by atoms with Gasteiger partial charge >= 0.3 is 0 Å². The average molecular weight is 287 g/mol. The van der Waals surface area contributed by atoms with E-state index in [4.69, 9.17) is 16.7 Å². The summed E-state index contributed by atoms with van der Waals surface area (Å²) in [6.45, 7) is 3.61. The largest absolute Gasteiger partial charge is 0.396 e. The Morgan fingerprint density at radius 1 is 1.53 bits per heavy atom. The van der Waals surface area contributed by atoms with Gasteiger partial charge in [0.05, 0.1) is 4.92 Å². The molecule has 0 aliphatic carbocycles. The second kappa shape index (κ2) is 8.09. The molecular weight excluding hydrogens is 268 g/mol. The Bertz CT molecular complexity index is 426. The van der Waals surface area contributed by atoms with Crippen molar-refractivity contribution < 1.29 is 10.0 Å². The van der Waals surface area contributed by atoms with E-state index in [9.17, 15) is 10.1 Å². The van der Waals surface area contributed by atoms with Crippen molar-refractivity contribution in [2.24, 2.45) is 5.92 Å². The Labute approximate surface area is 117 Å². The Balaban J connectivity index is 2.54. The fraction of sp³-hybridized carbons (Fsp3) is 0.538. The lowest BCUT2D eigenvalue weighted by atomic mass is 10.0.